The number of rotatable bonds is 6. The molecule has 1 unspecified atom stereocenters. The zero-order valence-electron chi connectivity index (χ0n) is 15.4. The summed E-state index contributed by atoms with van der Waals surface area (Å²) >= 11 is 7.63. The van der Waals surface area contributed by atoms with E-state index in [0.29, 0.717) is 12.0 Å². The molecule has 1 amide bonds. The summed E-state index contributed by atoms with van der Waals surface area (Å²) in [7, 11) is -3.01. The van der Waals surface area contributed by atoms with Crippen molar-refractivity contribution in [3.8, 4) is 0 Å². The fourth-order valence-electron chi connectivity index (χ4n) is 3.57. The van der Waals surface area contributed by atoms with Crippen LogP contribution in [0.3, 0.4) is 0 Å². The van der Waals surface area contributed by atoms with E-state index in [1.165, 1.54) is 0 Å². The van der Waals surface area contributed by atoms with Crippen molar-refractivity contribution >= 4 is 39.1 Å². The quantitative estimate of drug-likeness (QED) is 0.630. The topological polar surface area (TPSA) is 54.5 Å². The van der Waals surface area contributed by atoms with E-state index in [1.54, 1.807) is 11.8 Å². The van der Waals surface area contributed by atoms with Gasteiger partial charge in [-0.3, -0.25) is 4.79 Å². The lowest BCUT2D eigenvalue weighted by atomic mass is 10.1. The van der Waals surface area contributed by atoms with Crippen LogP contribution in [0.2, 0.25) is 5.02 Å². The van der Waals surface area contributed by atoms with E-state index in [4.69, 9.17) is 11.6 Å². The van der Waals surface area contributed by atoms with Crippen LogP contribution in [0.15, 0.2) is 53.4 Å². The first kappa shape index (κ1) is 19.8. The molecule has 28 heavy (non-hydrogen) atoms. The monoisotopic (exact) mass is 435 g/mol. The van der Waals surface area contributed by atoms with E-state index in [9.17, 15) is 13.2 Å². The molecule has 1 heterocycles. The van der Waals surface area contributed by atoms with Crippen LogP contribution in [0.25, 0.3) is 0 Å². The first-order valence-corrected chi connectivity index (χ1v) is 12.6. The Labute approximate surface area is 175 Å². The minimum Gasteiger partial charge on any atom is -0.332 e. The van der Waals surface area contributed by atoms with E-state index in [-0.39, 0.29) is 29.5 Å². The first-order chi connectivity index (χ1) is 13.4. The van der Waals surface area contributed by atoms with E-state index in [1.807, 2.05) is 53.4 Å². The van der Waals surface area contributed by atoms with Crippen LogP contribution in [-0.2, 0) is 15.6 Å². The van der Waals surface area contributed by atoms with Crippen molar-refractivity contribution in [1.29, 1.82) is 0 Å². The summed E-state index contributed by atoms with van der Waals surface area (Å²) in [5.74, 6) is 1.06. The maximum Gasteiger partial charge on any atom is 0.254 e. The average Bonchev–Trinajstić information content (AvgIpc) is 3.44. The Balaban J connectivity index is 1.42. The van der Waals surface area contributed by atoms with E-state index in [0.717, 1.165) is 34.1 Å². The number of nitrogens with zero attached hydrogens (tertiary/aromatic N) is 1. The Morgan fingerprint density at radius 1 is 1.00 bits per heavy atom. The number of carbonyl (C=O) groups excluding carboxylic acids is 1. The van der Waals surface area contributed by atoms with Crippen molar-refractivity contribution < 1.29 is 13.2 Å². The molecular weight excluding hydrogens is 414 g/mol. The van der Waals surface area contributed by atoms with Crippen LogP contribution in [0, 0.1) is 0 Å². The van der Waals surface area contributed by atoms with E-state index in [2.05, 4.69) is 0 Å². The largest absolute Gasteiger partial charge is 0.332 e. The predicted octanol–water partition coefficient (Wildman–Crippen LogP) is 4.42. The molecule has 0 radical (unpaired) electrons. The van der Waals surface area contributed by atoms with Gasteiger partial charge in [-0.15, -0.1) is 11.8 Å². The summed E-state index contributed by atoms with van der Waals surface area (Å²) in [4.78, 5) is 16.0. The van der Waals surface area contributed by atoms with E-state index >= 15 is 0 Å². The average molecular weight is 436 g/mol. The van der Waals surface area contributed by atoms with Crippen LogP contribution >= 0.6 is 23.4 Å². The number of hydrogen-bond acceptors (Lipinski definition) is 4. The van der Waals surface area contributed by atoms with Crippen molar-refractivity contribution in [3.05, 3.63) is 64.7 Å². The fraction of sp³-hybridized carbons (Fsp3) is 0.381. The second kappa shape index (κ2) is 8.09. The molecule has 1 saturated carbocycles. The summed E-state index contributed by atoms with van der Waals surface area (Å²) in [6.07, 6.45) is 2.50. The van der Waals surface area contributed by atoms with Crippen LogP contribution in [0.5, 0.6) is 0 Å². The van der Waals surface area contributed by atoms with Gasteiger partial charge >= 0.3 is 0 Å². The molecule has 1 saturated heterocycles. The lowest BCUT2D eigenvalue weighted by Crippen LogP contribution is -2.42. The van der Waals surface area contributed by atoms with Crippen molar-refractivity contribution in [2.75, 3.05) is 11.5 Å². The van der Waals surface area contributed by atoms with Gasteiger partial charge < -0.3 is 4.90 Å². The third kappa shape index (κ3) is 4.73. The number of thioether (sulfide) groups is 1. The molecule has 2 aliphatic rings. The normalized spacial score (nSPS) is 20.8. The van der Waals surface area contributed by atoms with Gasteiger partial charge in [-0.05, 0) is 61.2 Å². The second-order valence-electron chi connectivity index (χ2n) is 7.44. The standard InChI is InChI=1S/C21H22ClNO3S2/c22-17-5-9-20(10-6-17)27-13-15-1-3-16(4-2-15)21(24)23(18-7-8-18)19-11-12-28(25,26)14-19/h1-6,9-10,18-19H,7-8,11-14H2. The highest BCUT2D eigenvalue weighted by atomic mass is 35.5. The van der Waals surface area contributed by atoms with Crippen LogP contribution in [-0.4, -0.2) is 42.8 Å². The third-order valence-electron chi connectivity index (χ3n) is 5.20. The van der Waals surface area contributed by atoms with Crippen LogP contribution in [0.4, 0.5) is 0 Å². The predicted molar refractivity (Wildman–Crippen MR) is 114 cm³/mol. The molecule has 4 nitrogen and oxygen atoms in total. The van der Waals surface area contributed by atoms with Gasteiger partial charge in [-0.25, -0.2) is 8.42 Å². The Morgan fingerprint density at radius 2 is 1.68 bits per heavy atom. The summed E-state index contributed by atoms with van der Waals surface area (Å²) < 4.78 is 23.7. The van der Waals surface area contributed by atoms with Gasteiger partial charge in [0, 0.05) is 33.3 Å². The molecule has 1 atom stereocenters. The number of carbonyl (C=O) groups is 1. The number of sulfone groups is 1. The van der Waals surface area contributed by atoms with Gasteiger partial charge in [-0.2, -0.15) is 0 Å². The zero-order chi connectivity index (χ0) is 19.7. The molecule has 0 bridgehead atoms. The van der Waals surface area contributed by atoms with Crippen molar-refractivity contribution in [2.45, 2.75) is 42.0 Å². The highest BCUT2D eigenvalue weighted by Gasteiger charge is 2.42. The molecule has 148 valence electrons. The summed E-state index contributed by atoms with van der Waals surface area (Å²) in [6, 6.07) is 15.4. The molecule has 2 fully saturated rings. The molecular formula is C21H22ClNO3S2. The minimum absolute atomic E-state index is 0.0403. The smallest absolute Gasteiger partial charge is 0.254 e. The summed E-state index contributed by atoms with van der Waals surface area (Å²) in [5, 5.41) is 0.725. The summed E-state index contributed by atoms with van der Waals surface area (Å²) in [5.41, 5.74) is 1.77. The van der Waals surface area contributed by atoms with Crippen LogP contribution < -0.4 is 0 Å². The maximum atomic E-state index is 13.1. The molecule has 1 aliphatic carbocycles. The molecule has 7 heteroatoms. The third-order valence-corrected chi connectivity index (χ3v) is 8.28. The highest BCUT2D eigenvalue weighted by Crippen LogP contribution is 2.33. The molecule has 2 aromatic carbocycles. The van der Waals surface area contributed by atoms with Crippen molar-refractivity contribution in [1.82, 2.24) is 4.90 Å². The molecule has 0 aromatic heterocycles. The van der Waals surface area contributed by atoms with Gasteiger partial charge in [0.05, 0.1) is 11.5 Å². The van der Waals surface area contributed by atoms with Gasteiger partial charge in [0.25, 0.3) is 5.91 Å². The molecule has 2 aromatic rings. The van der Waals surface area contributed by atoms with Crippen LogP contribution in [0.1, 0.15) is 35.2 Å². The Morgan fingerprint density at radius 3 is 2.25 bits per heavy atom. The molecule has 0 N–H and O–H groups in total. The number of benzene rings is 2. The minimum atomic E-state index is -3.01. The lowest BCUT2D eigenvalue weighted by molar-refractivity contribution is 0.0681. The first-order valence-electron chi connectivity index (χ1n) is 9.42. The Kier molecular flexibility index (Phi) is 5.72. The Hall–Kier alpha value is -1.50. The highest BCUT2D eigenvalue weighted by molar-refractivity contribution is 7.98. The molecule has 4 rings (SSSR count). The SMILES string of the molecule is O=C(c1ccc(CSc2ccc(Cl)cc2)cc1)N(C1CC1)C1CCS(=O)(=O)C1. The van der Waals surface area contributed by atoms with Gasteiger partial charge in [0.1, 0.15) is 0 Å². The van der Waals surface area contributed by atoms with Crippen molar-refractivity contribution in [2.24, 2.45) is 0 Å². The van der Waals surface area contributed by atoms with Gasteiger partial charge in [0.2, 0.25) is 0 Å². The number of amides is 1. The van der Waals surface area contributed by atoms with E-state index < -0.39 is 9.84 Å². The summed E-state index contributed by atoms with van der Waals surface area (Å²) in [6.45, 7) is 0. The Bertz CT molecular complexity index is 954. The molecule has 1 aliphatic heterocycles. The van der Waals surface area contributed by atoms with Crippen molar-refractivity contribution in [3.63, 3.8) is 0 Å². The second-order valence-corrected chi connectivity index (χ2v) is 11.2. The zero-order valence-corrected chi connectivity index (χ0v) is 17.8. The fourth-order valence-corrected chi connectivity index (χ4v) is 6.26. The number of hydrogen-bond donors (Lipinski definition) is 0. The number of halogens is 1. The van der Waals surface area contributed by atoms with Gasteiger partial charge in [-0.1, -0.05) is 23.7 Å². The molecule has 0 spiro atoms. The lowest BCUT2D eigenvalue weighted by Gasteiger charge is -2.28. The maximum absolute atomic E-state index is 13.1. The van der Waals surface area contributed by atoms with Gasteiger partial charge in [0.15, 0.2) is 9.84 Å².